The minimum atomic E-state index is 0.238. The molecule has 1 aromatic carbocycles. The van der Waals surface area contributed by atoms with E-state index in [1.54, 1.807) is 0 Å². The molecule has 2 heterocycles. The van der Waals surface area contributed by atoms with Gasteiger partial charge < -0.3 is 4.74 Å². The predicted molar refractivity (Wildman–Crippen MR) is 80.1 cm³/mol. The summed E-state index contributed by atoms with van der Waals surface area (Å²) < 4.78 is 7.01. The quantitative estimate of drug-likeness (QED) is 0.650. The van der Waals surface area contributed by atoms with E-state index in [9.17, 15) is 0 Å². The maximum atomic E-state index is 5.73. The fraction of sp³-hybridized carbons (Fsp3) is 0.467. The van der Waals surface area contributed by atoms with E-state index in [4.69, 9.17) is 10.6 Å². The van der Waals surface area contributed by atoms with Crippen LogP contribution in [0.4, 0.5) is 0 Å². The van der Waals surface area contributed by atoms with Crippen LogP contribution in [0.3, 0.4) is 0 Å². The lowest BCUT2D eigenvalue weighted by Crippen LogP contribution is -2.28. The Balaban J connectivity index is 1.69. The SMILES string of the molecule is NNC(CCC1CCCO1)c1cc2ccccc2s1. The van der Waals surface area contributed by atoms with Gasteiger partial charge in [-0.1, -0.05) is 18.2 Å². The molecule has 2 atom stereocenters. The second kappa shape index (κ2) is 6.01. The lowest BCUT2D eigenvalue weighted by Gasteiger charge is -2.16. The number of benzene rings is 1. The summed E-state index contributed by atoms with van der Waals surface area (Å²) in [5.74, 6) is 5.73. The van der Waals surface area contributed by atoms with Gasteiger partial charge in [0.15, 0.2) is 0 Å². The summed E-state index contributed by atoms with van der Waals surface area (Å²) in [6, 6.07) is 11.0. The molecule has 1 aliphatic rings. The molecule has 1 aromatic heterocycles. The van der Waals surface area contributed by atoms with Gasteiger partial charge >= 0.3 is 0 Å². The van der Waals surface area contributed by atoms with Gasteiger partial charge in [-0.15, -0.1) is 11.3 Å². The summed E-state index contributed by atoms with van der Waals surface area (Å²) in [4.78, 5) is 1.32. The number of thiophene rings is 1. The molecule has 102 valence electrons. The van der Waals surface area contributed by atoms with Gasteiger partial charge in [-0.25, -0.2) is 0 Å². The maximum absolute atomic E-state index is 5.73. The molecule has 1 fully saturated rings. The largest absolute Gasteiger partial charge is 0.378 e. The number of hydrogen-bond donors (Lipinski definition) is 2. The third-order valence-corrected chi connectivity index (χ3v) is 5.02. The van der Waals surface area contributed by atoms with Gasteiger partial charge in [0.25, 0.3) is 0 Å². The third-order valence-electron chi connectivity index (χ3n) is 3.79. The molecule has 3 N–H and O–H groups in total. The number of hydrazine groups is 1. The highest BCUT2D eigenvalue weighted by Crippen LogP contribution is 2.32. The summed E-state index contributed by atoms with van der Waals surface area (Å²) in [5, 5.41) is 1.31. The number of ether oxygens (including phenoxy) is 1. The van der Waals surface area contributed by atoms with Gasteiger partial charge in [-0.3, -0.25) is 11.3 Å². The first-order chi connectivity index (χ1) is 9.36. The highest BCUT2D eigenvalue weighted by Gasteiger charge is 2.19. The predicted octanol–water partition coefficient (Wildman–Crippen LogP) is 3.36. The van der Waals surface area contributed by atoms with Crippen LogP contribution < -0.4 is 11.3 Å². The highest BCUT2D eigenvalue weighted by atomic mass is 32.1. The number of rotatable bonds is 5. The van der Waals surface area contributed by atoms with Crippen LogP contribution in [0.25, 0.3) is 10.1 Å². The Bertz CT molecular complexity index is 501. The van der Waals surface area contributed by atoms with Crippen molar-refractivity contribution in [1.82, 2.24) is 5.43 Å². The molecule has 0 saturated carbocycles. The van der Waals surface area contributed by atoms with E-state index in [1.807, 2.05) is 11.3 Å². The van der Waals surface area contributed by atoms with Crippen molar-refractivity contribution in [3.05, 3.63) is 35.2 Å². The Morgan fingerprint density at radius 3 is 3.05 bits per heavy atom. The fourth-order valence-electron chi connectivity index (χ4n) is 2.71. The zero-order valence-electron chi connectivity index (χ0n) is 11.0. The summed E-state index contributed by atoms with van der Waals surface area (Å²) in [5.41, 5.74) is 2.96. The average Bonchev–Trinajstić information content (AvgIpc) is 3.08. The van der Waals surface area contributed by atoms with E-state index in [0.29, 0.717) is 6.10 Å². The molecular formula is C15H20N2OS. The molecule has 19 heavy (non-hydrogen) atoms. The van der Waals surface area contributed by atoms with Crippen LogP contribution in [0.2, 0.25) is 0 Å². The van der Waals surface area contributed by atoms with Crippen molar-refractivity contribution in [3.63, 3.8) is 0 Å². The van der Waals surface area contributed by atoms with Gasteiger partial charge in [-0.2, -0.15) is 0 Å². The van der Waals surface area contributed by atoms with Gasteiger partial charge in [0, 0.05) is 16.2 Å². The maximum Gasteiger partial charge on any atom is 0.0576 e. The molecule has 1 saturated heterocycles. The summed E-state index contributed by atoms with van der Waals surface area (Å²) >= 11 is 1.83. The van der Waals surface area contributed by atoms with E-state index in [1.165, 1.54) is 27.8 Å². The van der Waals surface area contributed by atoms with Gasteiger partial charge in [-0.05, 0) is 43.2 Å². The number of fused-ring (bicyclic) bond motifs is 1. The van der Waals surface area contributed by atoms with Gasteiger partial charge in [0.2, 0.25) is 0 Å². The van der Waals surface area contributed by atoms with Crippen LogP contribution in [0.15, 0.2) is 30.3 Å². The minimum Gasteiger partial charge on any atom is -0.378 e. The summed E-state index contributed by atoms with van der Waals surface area (Å²) in [7, 11) is 0. The Kier molecular flexibility index (Phi) is 4.13. The van der Waals surface area contributed by atoms with Crippen LogP contribution in [-0.2, 0) is 4.74 Å². The standard InChI is InChI=1S/C15H20N2OS/c16-17-13(8-7-12-5-3-9-18-12)15-10-11-4-1-2-6-14(11)19-15/h1-2,4,6,10,12-13,17H,3,5,7-9,16H2. The second-order valence-corrected chi connectivity index (χ2v) is 6.23. The number of nitrogens with one attached hydrogen (secondary N) is 1. The van der Waals surface area contributed by atoms with E-state index in [0.717, 1.165) is 19.4 Å². The Hall–Kier alpha value is -0.940. The molecule has 0 amide bonds. The van der Waals surface area contributed by atoms with Crippen molar-refractivity contribution in [3.8, 4) is 0 Å². The molecule has 2 aromatic rings. The lowest BCUT2D eigenvalue weighted by molar-refractivity contribution is 0.0997. The van der Waals surface area contributed by atoms with Crippen LogP contribution >= 0.6 is 11.3 Å². The number of hydrogen-bond acceptors (Lipinski definition) is 4. The van der Waals surface area contributed by atoms with Crippen molar-refractivity contribution in [1.29, 1.82) is 0 Å². The van der Waals surface area contributed by atoms with Crippen LogP contribution in [0.1, 0.15) is 36.6 Å². The molecule has 2 unspecified atom stereocenters. The fourth-order valence-corrected chi connectivity index (χ4v) is 3.87. The topological polar surface area (TPSA) is 47.3 Å². The zero-order valence-corrected chi connectivity index (χ0v) is 11.8. The third kappa shape index (κ3) is 2.98. The van der Waals surface area contributed by atoms with Crippen LogP contribution in [-0.4, -0.2) is 12.7 Å². The van der Waals surface area contributed by atoms with Crippen LogP contribution in [0, 0.1) is 0 Å². The van der Waals surface area contributed by atoms with E-state index in [2.05, 4.69) is 35.8 Å². The molecule has 3 rings (SSSR count). The second-order valence-electron chi connectivity index (χ2n) is 5.12. The smallest absolute Gasteiger partial charge is 0.0576 e. The minimum absolute atomic E-state index is 0.238. The summed E-state index contributed by atoms with van der Waals surface area (Å²) in [6.07, 6.45) is 4.96. The van der Waals surface area contributed by atoms with E-state index >= 15 is 0 Å². The van der Waals surface area contributed by atoms with Gasteiger partial charge in [0.05, 0.1) is 12.1 Å². The Morgan fingerprint density at radius 1 is 1.42 bits per heavy atom. The Labute approximate surface area is 117 Å². The molecule has 1 aliphatic heterocycles. The van der Waals surface area contributed by atoms with E-state index < -0.39 is 0 Å². The molecule has 0 aliphatic carbocycles. The first-order valence-corrected chi connectivity index (χ1v) is 7.74. The molecule has 4 heteroatoms. The van der Waals surface area contributed by atoms with Crippen molar-refractivity contribution in [2.75, 3.05) is 6.61 Å². The molecule has 0 bridgehead atoms. The zero-order chi connectivity index (χ0) is 13.1. The first-order valence-electron chi connectivity index (χ1n) is 6.93. The van der Waals surface area contributed by atoms with Crippen molar-refractivity contribution in [2.24, 2.45) is 5.84 Å². The first kappa shape index (κ1) is 13.1. The van der Waals surface area contributed by atoms with Crippen molar-refractivity contribution >= 4 is 21.4 Å². The molecule has 0 radical (unpaired) electrons. The highest BCUT2D eigenvalue weighted by molar-refractivity contribution is 7.19. The number of nitrogens with two attached hydrogens (primary N) is 1. The van der Waals surface area contributed by atoms with Crippen molar-refractivity contribution < 1.29 is 4.74 Å². The monoisotopic (exact) mass is 276 g/mol. The van der Waals surface area contributed by atoms with Crippen molar-refractivity contribution in [2.45, 2.75) is 37.8 Å². The summed E-state index contributed by atoms with van der Waals surface area (Å²) in [6.45, 7) is 0.925. The molecular weight excluding hydrogens is 256 g/mol. The Morgan fingerprint density at radius 2 is 2.32 bits per heavy atom. The van der Waals surface area contributed by atoms with E-state index in [-0.39, 0.29) is 6.04 Å². The van der Waals surface area contributed by atoms with Crippen LogP contribution in [0.5, 0.6) is 0 Å². The lowest BCUT2D eigenvalue weighted by atomic mass is 10.0. The molecule has 0 spiro atoms. The normalized spacial score (nSPS) is 21.0. The average molecular weight is 276 g/mol. The van der Waals surface area contributed by atoms with Gasteiger partial charge in [0.1, 0.15) is 0 Å². The molecule has 3 nitrogen and oxygen atoms in total.